The molecule has 0 aromatic heterocycles. The highest BCUT2D eigenvalue weighted by atomic mass is 16.6. The van der Waals surface area contributed by atoms with E-state index >= 15 is 0 Å². The molecule has 1 aliphatic rings. The summed E-state index contributed by atoms with van der Waals surface area (Å²) in [6.45, 7) is 5.85. The minimum Gasteiger partial charge on any atom is -0.491 e. The predicted molar refractivity (Wildman–Crippen MR) is 114 cm³/mol. The van der Waals surface area contributed by atoms with Crippen LogP contribution in [0.1, 0.15) is 13.8 Å². The quantitative estimate of drug-likeness (QED) is 0.294. The van der Waals surface area contributed by atoms with E-state index in [2.05, 4.69) is 0 Å². The van der Waals surface area contributed by atoms with E-state index in [9.17, 15) is 14.4 Å². The van der Waals surface area contributed by atoms with Crippen molar-refractivity contribution >= 4 is 23.5 Å². The van der Waals surface area contributed by atoms with Gasteiger partial charge in [-0.2, -0.15) is 0 Å². The standard InChI is InChI=1S/C22H29NO9/c1-16-17(2)22(27)23(21(16)26)18-3-5-19(6-4-18)32-14-13-30-10-9-28-7-8-29-11-12-31-15-20(24)25/h3-6H,7-15H2,1-2H3,(H,24,25). The van der Waals surface area contributed by atoms with Crippen LogP contribution in [0.4, 0.5) is 5.69 Å². The van der Waals surface area contributed by atoms with Crippen LogP contribution in [0.3, 0.4) is 0 Å². The van der Waals surface area contributed by atoms with Crippen molar-refractivity contribution in [2.75, 3.05) is 64.4 Å². The second-order valence-electron chi connectivity index (χ2n) is 6.82. The molecule has 0 unspecified atom stereocenters. The molecule has 1 aromatic rings. The summed E-state index contributed by atoms with van der Waals surface area (Å²) in [6, 6.07) is 6.75. The monoisotopic (exact) mass is 451 g/mol. The summed E-state index contributed by atoms with van der Waals surface area (Å²) in [4.78, 5) is 35.8. The van der Waals surface area contributed by atoms with Crippen LogP contribution in [0, 0.1) is 0 Å². The molecule has 0 radical (unpaired) electrons. The Bertz CT molecular complexity index is 780. The molecule has 176 valence electrons. The van der Waals surface area contributed by atoms with Gasteiger partial charge in [-0.15, -0.1) is 0 Å². The molecule has 0 saturated carbocycles. The molecule has 0 saturated heterocycles. The van der Waals surface area contributed by atoms with E-state index in [4.69, 9.17) is 28.8 Å². The minimum atomic E-state index is -1.01. The van der Waals surface area contributed by atoms with Crippen LogP contribution in [0.25, 0.3) is 0 Å². The van der Waals surface area contributed by atoms with Gasteiger partial charge in [0.25, 0.3) is 11.8 Å². The number of carbonyl (C=O) groups excluding carboxylic acids is 2. The number of carboxylic acids is 1. The number of hydrogen-bond acceptors (Lipinski definition) is 8. The fraction of sp³-hybridized carbons (Fsp3) is 0.500. The van der Waals surface area contributed by atoms with E-state index in [0.29, 0.717) is 68.8 Å². The highest BCUT2D eigenvalue weighted by molar-refractivity contribution is 6.32. The van der Waals surface area contributed by atoms with Gasteiger partial charge in [0.2, 0.25) is 0 Å². The highest BCUT2D eigenvalue weighted by Gasteiger charge is 2.34. The van der Waals surface area contributed by atoms with Crippen molar-refractivity contribution in [3.05, 3.63) is 35.4 Å². The van der Waals surface area contributed by atoms with Crippen molar-refractivity contribution in [1.29, 1.82) is 0 Å². The van der Waals surface area contributed by atoms with Gasteiger partial charge < -0.3 is 28.8 Å². The van der Waals surface area contributed by atoms with Crippen LogP contribution >= 0.6 is 0 Å². The lowest BCUT2D eigenvalue weighted by molar-refractivity contribution is -0.142. The van der Waals surface area contributed by atoms with Crippen molar-refractivity contribution in [2.24, 2.45) is 0 Å². The molecular formula is C22H29NO9. The molecule has 0 aliphatic carbocycles. The third kappa shape index (κ3) is 8.04. The normalized spacial score (nSPS) is 13.9. The van der Waals surface area contributed by atoms with E-state index in [0.717, 1.165) is 4.90 Å². The molecule has 0 spiro atoms. The fourth-order valence-electron chi connectivity index (χ4n) is 2.71. The van der Waals surface area contributed by atoms with E-state index in [1.807, 2.05) is 0 Å². The van der Waals surface area contributed by atoms with E-state index < -0.39 is 5.97 Å². The molecule has 2 amide bonds. The molecule has 10 nitrogen and oxygen atoms in total. The maximum absolute atomic E-state index is 12.2. The van der Waals surface area contributed by atoms with Gasteiger partial charge in [-0.1, -0.05) is 0 Å². The van der Waals surface area contributed by atoms with Gasteiger partial charge in [0.1, 0.15) is 19.0 Å². The number of anilines is 1. The summed E-state index contributed by atoms with van der Waals surface area (Å²) < 4.78 is 26.4. The Morgan fingerprint density at radius 2 is 1.19 bits per heavy atom. The number of rotatable bonds is 16. The largest absolute Gasteiger partial charge is 0.491 e. The van der Waals surface area contributed by atoms with Crippen LogP contribution in [0.15, 0.2) is 35.4 Å². The number of aliphatic carboxylic acids is 1. The molecule has 0 fully saturated rings. The van der Waals surface area contributed by atoms with Gasteiger partial charge in [0.05, 0.1) is 51.9 Å². The number of ether oxygens (including phenoxy) is 5. The molecule has 1 N–H and O–H groups in total. The molecule has 10 heteroatoms. The summed E-state index contributed by atoms with van der Waals surface area (Å²) in [6.07, 6.45) is 0. The van der Waals surface area contributed by atoms with Crippen molar-refractivity contribution in [3.63, 3.8) is 0 Å². The Hall–Kier alpha value is -2.79. The molecule has 0 bridgehead atoms. The first kappa shape index (κ1) is 25.5. The SMILES string of the molecule is CC1=C(C)C(=O)N(c2ccc(OCCOCCOCCOCCOCC(=O)O)cc2)C1=O. The number of imide groups is 1. The van der Waals surface area contributed by atoms with E-state index in [1.165, 1.54) is 0 Å². The smallest absolute Gasteiger partial charge is 0.329 e. The summed E-state index contributed by atoms with van der Waals surface area (Å²) in [5.41, 5.74) is 1.44. The maximum Gasteiger partial charge on any atom is 0.329 e. The Kier molecular flexibility index (Phi) is 10.8. The number of hydrogen-bond donors (Lipinski definition) is 1. The third-order valence-corrected chi connectivity index (χ3v) is 4.54. The van der Waals surface area contributed by atoms with Gasteiger partial charge in [-0.25, -0.2) is 9.69 Å². The first-order valence-corrected chi connectivity index (χ1v) is 10.2. The average Bonchev–Trinajstić information content (AvgIpc) is 2.97. The number of benzene rings is 1. The van der Waals surface area contributed by atoms with Gasteiger partial charge in [-0.05, 0) is 38.1 Å². The molecule has 1 aromatic carbocycles. The van der Waals surface area contributed by atoms with Gasteiger partial charge >= 0.3 is 5.97 Å². The summed E-state index contributed by atoms with van der Waals surface area (Å²) >= 11 is 0. The van der Waals surface area contributed by atoms with Crippen LogP contribution in [0.2, 0.25) is 0 Å². The number of amides is 2. The number of carbonyl (C=O) groups is 3. The number of nitrogens with zero attached hydrogens (tertiary/aromatic N) is 1. The zero-order valence-electron chi connectivity index (χ0n) is 18.3. The minimum absolute atomic E-state index is 0.225. The molecule has 0 atom stereocenters. The Morgan fingerprint density at radius 1 is 0.750 bits per heavy atom. The Labute approximate surface area is 186 Å². The second kappa shape index (κ2) is 13.6. The maximum atomic E-state index is 12.2. The van der Waals surface area contributed by atoms with Crippen LogP contribution < -0.4 is 9.64 Å². The lowest BCUT2D eigenvalue weighted by Gasteiger charge is -2.15. The van der Waals surface area contributed by atoms with Crippen LogP contribution in [-0.2, 0) is 33.3 Å². The highest BCUT2D eigenvalue weighted by Crippen LogP contribution is 2.27. The van der Waals surface area contributed by atoms with Crippen LogP contribution in [0.5, 0.6) is 5.75 Å². The zero-order chi connectivity index (χ0) is 23.3. The Morgan fingerprint density at radius 3 is 1.66 bits per heavy atom. The molecule has 2 rings (SSSR count). The number of carboxylic acid groups (broad SMARTS) is 1. The zero-order valence-corrected chi connectivity index (χ0v) is 18.3. The summed E-state index contributed by atoms with van der Waals surface area (Å²) in [7, 11) is 0. The van der Waals surface area contributed by atoms with Crippen LogP contribution in [-0.4, -0.2) is 82.4 Å². The first-order valence-electron chi connectivity index (χ1n) is 10.2. The third-order valence-electron chi connectivity index (χ3n) is 4.54. The lowest BCUT2D eigenvalue weighted by atomic mass is 10.2. The average molecular weight is 451 g/mol. The predicted octanol–water partition coefficient (Wildman–Crippen LogP) is 1.43. The van der Waals surface area contributed by atoms with E-state index in [1.54, 1.807) is 38.1 Å². The first-order chi connectivity index (χ1) is 15.4. The Balaban J connectivity index is 1.49. The fourth-order valence-corrected chi connectivity index (χ4v) is 2.71. The van der Waals surface area contributed by atoms with Crippen molar-refractivity contribution in [3.8, 4) is 5.75 Å². The van der Waals surface area contributed by atoms with Gasteiger partial charge in [0.15, 0.2) is 0 Å². The summed E-state index contributed by atoms with van der Waals surface area (Å²) in [5.74, 6) is -0.993. The summed E-state index contributed by atoms with van der Waals surface area (Å²) in [5, 5.41) is 8.40. The van der Waals surface area contributed by atoms with E-state index in [-0.39, 0.29) is 25.0 Å². The second-order valence-corrected chi connectivity index (χ2v) is 6.82. The lowest BCUT2D eigenvalue weighted by Crippen LogP contribution is -2.31. The molecular weight excluding hydrogens is 422 g/mol. The molecule has 1 heterocycles. The van der Waals surface area contributed by atoms with Gasteiger partial charge in [0, 0.05) is 11.1 Å². The topological polar surface area (TPSA) is 121 Å². The molecule has 1 aliphatic heterocycles. The van der Waals surface area contributed by atoms with Crippen molar-refractivity contribution in [2.45, 2.75) is 13.8 Å². The molecule has 32 heavy (non-hydrogen) atoms. The van der Waals surface area contributed by atoms with Crippen molar-refractivity contribution < 1.29 is 43.2 Å². The van der Waals surface area contributed by atoms with Gasteiger partial charge in [-0.3, -0.25) is 9.59 Å². The van der Waals surface area contributed by atoms with Crippen molar-refractivity contribution in [1.82, 2.24) is 0 Å².